The number of hydrogen-bond acceptors (Lipinski definition) is 8. The van der Waals surface area contributed by atoms with Crippen molar-refractivity contribution in [3.8, 4) is 5.88 Å². The van der Waals surface area contributed by atoms with Gasteiger partial charge in [-0.25, -0.2) is 9.79 Å². The van der Waals surface area contributed by atoms with E-state index < -0.39 is 17.3 Å². The third kappa shape index (κ3) is 3.28. The van der Waals surface area contributed by atoms with E-state index in [9.17, 15) is 19.5 Å². The van der Waals surface area contributed by atoms with Crippen LogP contribution in [-0.2, 0) is 14.3 Å². The maximum absolute atomic E-state index is 13.9. The molecule has 2 aliphatic heterocycles. The van der Waals surface area contributed by atoms with Crippen LogP contribution in [0.4, 0.5) is 0 Å². The summed E-state index contributed by atoms with van der Waals surface area (Å²) in [6.07, 6.45) is 0. The molecule has 8 nitrogen and oxygen atoms in total. The van der Waals surface area contributed by atoms with Gasteiger partial charge >= 0.3 is 5.97 Å². The second kappa shape index (κ2) is 8.44. The zero-order valence-electron chi connectivity index (χ0n) is 18.6. The zero-order valence-corrected chi connectivity index (χ0v) is 20.3. The second-order valence-electron chi connectivity index (χ2n) is 7.85. The number of amides is 1. The lowest BCUT2D eigenvalue weighted by Gasteiger charge is -2.32. The van der Waals surface area contributed by atoms with Crippen LogP contribution in [0.2, 0.25) is 0 Å². The molecule has 2 aromatic heterocycles. The van der Waals surface area contributed by atoms with Crippen molar-refractivity contribution < 1.29 is 24.2 Å². The molecule has 174 valence electrons. The molecule has 1 fully saturated rings. The number of carbonyl (C=O) groups is 3. The minimum absolute atomic E-state index is 0.201. The maximum Gasteiger partial charge on any atom is 0.338 e. The molecule has 2 atom stereocenters. The topological polar surface area (TPSA) is 101 Å². The summed E-state index contributed by atoms with van der Waals surface area (Å²) in [5.74, 6) is -1.45. The van der Waals surface area contributed by atoms with Gasteiger partial charge < -0.3 is 9.84 Å². The van der Waals surface area contributed by atoms with E-state index in [4.69, 9.17) is 4.74 Å². The van der Waals surface area contributed by atoms with Gasteiger partial charge in [0.1, 0.15) is 11.3 Å². The first-order valence-electron chi connectivity index (χ1n) is 10.7. The van der Waals surface area contributed by atoms with Gasteiger partial charge in [0.25, 0.3) is 0 Å². The molecule has 2 aliphatic rings. The second-order valence-corrected chi connectivity index (χ2v) is 9.90. The Labute approximate surface area is 203 Å². The SMILES string of the molecule is CCOC(=O)C1=C(C)N=C2SC(c3c(O)n(C(C)=O)c4ccccc34)C(=O)N2C1c1cccs1. The number of benzene rings is 1. The lowest BCUT2D eigenvalue weighted by molar-refractivity contribution is -0.139. The molecule has 0 radical (unpaired) electrons. The van der Waals surface area contributed by atoms with Crippen molar-refractivity contribution in [3.63, 3.8) is 0 Å². The molecule has 1 saturated heterocycles. The van der Waals surface area contributed by atoms with Crippen LogP contribution in [0, 0.1) is 0 Å². The van der Waals surface area contributed by atoms with Crippen LogP contribution < -0.4 is 0 Å². The van der Waals surface area contributed by atoms with Gasteiger partial charge in [-0.2, -0.15) is 0 Å². The first-order valence-corrected chi connectivity index (χ1v) is 12.4. The third-order valence-corrected chi connectivity index (χ3v) is 7.95. The molecule has 0 aliphatic carbocycles. The molecule has 10 heteroatoms. The lowest BCUT2D eigenvalue weighted by atomic mass is 9.99. The molecule has 0 saturated carbocycles. The quantitative estimate of drug-likeness (QED) is 0.530. The van der Waals surface area contributed by atoms with Gasteiger partial charge in [-0.1, -0.05) is 36.0 Å². The van der Waals surface area contributed by atoms with E-state index in [2.05, 4.69) is 4.99 Å². The zero-order chi connectivity index (χ0) is 24.1. The fraction of sp³-hybridized carbons (Fsp3) is 0.250. The molecule has 2 unspecified atom stereocenters. The van der Waals surface area contributed by atoms with Crippen LogP contribution in [0.5, 0.6) is 5.88 Å². The lowest BCUT2D eigenvalue weighted by Crippen LogP contribution is -2.39. The fourth-order valence-corrected chi connectivity index (χ4v) is 6.57. The number of amidine groups is 1. The number of nitrogens with zero attached hydrogens (tertiary/aromatic N) is 3. The van der Waals surface area contributed by atoms with Gasteiger partial charge in [-0.05, 0) is 31.4 Å². The summed E-state index contributed by atoms with van der Waals surface area (Å²) in [5.41, 5.74) is 1.69. The fourth-order valence-electron chi connectivity index (χ4n) is 4.48. The van der Waals surface area contributed by atoms with Gasteiger partial charge in [-0.3, -0.25) is 19.1 Å². The molecule has 34 heavy (non-hydrogen) atoms. The predicted octanol–water partition coefficient (Wildman–Crippen LogP) is 4.63. The monoisotopic (exact) mass is 495 g/mol. The van der Waals surface area contributed by atoms with Gasteiger partial charge in [-0.15, -0.1) is 11.3 Å². The van der Waals surface area contributed by atoms with Crippen molar-refractivity contribution in [2.75, 3.05) is 6.61 Å². The number of aliphatic imine (C=N–C) groups is 1. The van der Waals surface area contributed by atoms with Crippen LogP contribution in [-0.4, -0.2) is 44.1 Å². The summed E-state index contributed by atoms with van der Waals surface area (Å²) in [6, 6.07) is 10.1. The molecule has 3 aromatic rings. The van der Waals surface area contributed by atoms with E-state index >= 15 is 0 Å². The number of thiophene rings is 1. The molecule has 1 aromatic carbocycles. The van der Waals surface area contributed by atoms with E-state index in [1.54, 1.807) is 38.1 Å². The molecule has 0 bridgehead atoms. The standard InChI is InChI=1S/C24H21N3O5S2/c1-4-32-23(31)17-12(2)25-24-27(19(17)16-10-7-11-33-16)22(30)20(34-24)18-14-8-5-6-9-15(14)26(13(3)28)21(18)29/h5-11,19-20,29H,4H2,1-3H3. The first-order chi connectivity index (χ1) is 16.3. The Kier molecular flexibility index (Phi) is 5.57. The van der Waals surface area contributed by atoms with Crippen molar-refractivity contribution >= 4 is 57.0 Å². The van der Waals surface area contributed by atoms with Crippen molar-refractivity contribution in [2.45, 2.75) is 32.1 Å². The number of aromatic nitrogens is 1. The molecule has 5 rings (SSSR count). The van der Waals surface area contributed by atoms with Gasteiger partial charge in [0, 0.05) is 22.8 Å². The van der Waals surface area contributed by atoms with E-state index in [1.807, 2.05) is 17.5 Å². The third-order valence-electron chi connectivity index (χ3n) is 5.85. The largest absolute Gasteiger partial charge is 0.494 e. The number of thioether (sulfide) groups is 1. The van der Waals surface area contributed by atoms with Crippen LogP contribution in [0.25, 0.3) is 10.9 Å². The Bertz CT molecular complexity index is 1400. The number of carbonyl (C=O) groups excluding carboxylic acids is 3. The van der Waals surface area contributed by atoms with Crippen LogP contribution in [0.15, 0.2) is 58.0 Å². The van der Waals surface area contributed by atoms with Gasteiger partial charge in [0.2, 0.25) is 17.7 Å². The molecule has 1 amide bonds. The Hall–Kier alpha value is -3.37. The van der Waals surface area contributed by atoms with E-state index in [1.165, 1.54) is 39.5 Å². The molecule has 4 heterocycles. The smallest absolute Gasteiger partial charge is 0.338 e. The number of ether oxygens (including phenoxy) is 1. The summed E-state index contributed by atoms with van der Waals surface area (Å²) in [4.78, 5) is 46.0. The highest BCUT2D eigenvalue weighted by Gasteiger charge is 2.50. The van der Waals surface area contributed by atoms with E-state index in [0.29, 0.717) is 32.9 Å². The van der Waals surface area contributed by atoms with E-state index in [0.717, 1.165) is 4.88 Å². The van der Waals surface area contributed by atoms with Crippen molar-refractivity contribution in [1.29, 1.82) is 0 Å². The number of esters is 1. The number of aromatic hydroxyl groups is 1. The Morgan fingerprint density at radius 2 is 1.97 bits per heavy atom. The number of rotatable bonds is 4. The summed E-state index contributed by atoms with van der Waals surface area (Å²) in [7, 11) is 0. The summed E-state index contributed by atoms with van der Waals surface area (Å²) in [6.45, 7) is 5.02. The number of allylic oxidation sites excluding steroid dienone is 1. The van der Waals surface area contributed by atoms with Crippen LogP contribution in [0.3, 0.4) is 0 Å². The average Bonchev–Trinajstić information content (AvgIpc) is 3.49. The summed E-state index contributed by atoms with van der Waals surface area (Å²) in [5, 5.41) is 13.2. The van der Waals surface area contributed by atoms with E-state index in [-0.39, 0.29) is 24.3 Å². The average molecular weight is 496 g/mol. The number of fused-ring (bicyclic) bond motifs is 2. The molecule has 1 N–H and O–H groups in total. The predicted molar refractivity (Wildman–Crippen MR) is 131 cm³/mol. The Morgan fingerprint density at radius 3 is 2.65 bits per heavy atom. The number of hydrogen-bond donors (Lipinski definition) is 1. The van der Waals surface area contributed by atoms with Gasteiger partial charge in [0.15, 0.2) is 5.17 Å². The highest BCUT2D eigenvalue weighted by Crippen LogP contribution is 2.52. The normalized spacial score (nSPS) is 20.0. The highest BCUT2D eigenvalue weighted by molar-refractivity contribution is 8.15. The van der Waals surface area contributed by atoms with Crippen LogP contribution >= 0.6 is 23.1 Å². The minimum Gasteiger partial charge on any atom is -0.494 e. The van der Waals surface area contributed by atoms with Crippen molar-refractivity contribution in [3.05, 3.63) is 63.5 Å². The van der Waals surface area contributed by atoms with Crippen molar-refractivity contribution in [2.24, 2.45) is 4.99 Å². The highest BCUT2D eigenvalue weighted by atomic mass is 32.2. The molecular formula is C24H21N3O5S2. The molecule has 0 spiro atoms. The van der Waals surface area contributed by atoms with Crippen LogP contribution in [0.1, 0.15) is 47.3 Å². The Morgan fingerprint density at radius 1 is 1.21 bits per heavy atom. The summed E-state index contributed by atoms with van der Waals surface area (Å²) < 4.78 is 6.50. The van der Waals surface area contributed by atoms with Gasteiger partial charge in [0.05, 0.1) is 23.4 Å². The maximum atomic E-state index is 13.9. The first kappa shape index (κ1) is 22.4. The molecular weight excluding hydrogens is 474 g/mol. The number of para-hydroxylation sites is 1. The minimum atomic E-state index is -0.832. The van der Waals surface area contributed by atoms with Crippen molar-refractivity contribution in [1.82, 2.24) is 9.47 Å². The summed E-state index contributed by atoms with van der Waals surface area (Å²) >= 11 is 2.64. The Balaban J connectivity index is 1.66.